The van der Waals surface area contributed by atoms with Crippen LogP contribution in [0.15, 0.2) is 35.6 Å². The second-order valence-corrected chi connectivity index (χ2v) is 6.39. The van der Waals surface area contributed by atoms with Gasteiger partial charge < -0.3 is 15.4 Å². The van der Waals surface area contributed by atoms with Gasteiger partial charge in [-0.15, -0.1) is 24.0 Å². The minimum atomic E-state index is 0. The molecule has 0 saturated carbocycles. The number of ether oxygens (including phenoxy) is 1. The number of aryl methyl sites for hydroxylation is 1. The lowest BCUT2D eigenvalue weighted by molar-refractivity contribution is 0.218. The van der Waals surface area contributed by atoms with E-state index < -0.39 is 0 Å². The Morgan fingerprint density at radius 2 is 2.00 bits per heavy atom. The van der Waals surface area contributed by atoms with Gasteiger partial charge in [-0.05, 0) is 37.7 Å². The maximum absolute atomic E-state index is 5.42. The SMILES string of the molecule is CCNC(=NCc1ncnn1C)NCC(c1cccc(OC)c1)N(CC)CC.I. The number of guanidine groups is 1. The first kappa shape index (κ1) is 25.2. The van der Waals surface area contributed by atoms with Crippen molar-refractivity contribution in [2.75, 3.05) is 33.3 Å². The Morgan fingerprint density at radius 1 is 1.24 bits per heavy atom. The minimum Gasteiger partial charge on any atom is -0.497 e. The van der Waals surface area contributed by atoms with Crippen molar-refractivity contribution >= 4 is 29.9 Å². The first-order valence-electron chi connectivity index (χ1n) is 9.85. The summed E-state index contributed by atoms with van der Waals surface area (Å²) in [6, 6.07) is 8.48. The summed E-state index contributed by atoms with van der Waals surface area (Å²) in [5, 5.41) is 10.9. The number of nitrogens with zero attached hydrogens (tertiary/aromatic N) is 5. The number of methoxy groups -OCH3 is 1. The molecule has 2 rings (SSSR count). The summed E-state index contributed by atoms with van der Waals surface area (Å²) >= 11 is 0. The Labute approximate surface area is 191 Å². The molecule has 1 heterocycles. The molecule has 9 heteroatoms. The zero-order valence-electron chi connectivity index (χ0n) is 18.1. The molecule has 29 heavy (non-hydrogen) atoms. The molecule has 0 amide bonds. The molecule has 2 aromatic rings. The fourth-order valence-corrected chi connectivity index (χ4v) is 3.12. The number of aliphatic imine (C=N–C) groups is 1. The Morgan fingerprint density at radius 3 is 2.59 bits per heavy atom. The van der Waals surface area contributed by atoms with E-state index in [1.54, 1.807) is 18.1 Å². The molecule has 0 radical (unpaired) electrons. The Bertz CT molecular complexity index is 746. The van der Waals surface area contributed by atoms with Crippen molar-refractivity contribution in [3.8, 4) is 5.75 Å². The molecule has 0 spiro atoms. The fourth-order valence-electron chi connectivity index (χ4n) is 3.12. The highest BCUT2D eigenvalue weighted by Gasteiger charge is 2.19. The van der Waals surface area contributed by atoms with Crippen molar-refractivity contribution in [2.24, 2.45) is 12.0 Å². The average Bonchev–Trinajstić information content (AvgIpc) is 3.13. The van der Waals surface area contributed by atoms with Gasteiger partial charge in [0.15, 0.2) is 5.96 Å². The number of hydrogen-bond acceptors (Lipinski definition) is 5. The molecule has 1 unspecified atom stereocenters. The monoisotopic (exact) mass is 515 g/mol. The van der Waals surface area contributed by atoms with Crippen molar-refractivity contribution in [1.82, 2.24) is 30.3 Å². The summed E-state index contributed by atoms with van der Waals surface area (Å²) in [6.45, 7) is 10.4. The summed E-state index contributed by atoms with van der Waals surface area (Å²) in [4.78, 5) is 11.3. The molecule has 0 bridgehead atoms. The van der Waals surface area contributed by atoms with Crippen LogP contribution in [-0.2, 0) is 13.6 Å². The van der Waals surface area contributed by atoms with Crippen molar-refractivity contribution < 1.29 is 4.74 Å². The topological polar surface area (TPSA) is 79.6 Å². The standard InChI is InChI=1S/C20H33N7O.HI/c1-6-21-20(23-14-19-24-15-25-26(19)4)22-13-18(27(7-2)8-3)16-10-9-11-17(12-16)28-5;/h9-12,15,18H,6-8,13-14H2,1-5H3,(H2,21,22,23);1H. The van der Waals surface area contributed by atoms with Crippen LogP contribution in [0.3, 0.4) is 0 Å². The fraction of sp³-hybridized carbons (Fsp3) is 0.550. The molecule has 2 N–H and O–H groups in total. The summed E-state index contributed by atoms with van der Waals surface area (Å²) in [6.07, 6.45) is 1.55. The van der Waals surface area contributed by atoms with Crippen molar-refractivity contribution in [1.29, 1.82) is 0 Å². The Hall–Kier alpha value is -1.88. The zero-order valence-corrected chi connectivity index (χ0v) is 20.4. The molecular formula is C20H34IN7O. The zero-order chi connectivity index (χ0) is 20.4. The first-order chi connectivity index (χ1) is 13.6. The van der Waals surface area contributed by atoms with Crippen LogP contribution >= 0.6 is 24.0 Å². The number of nitrogens with one attached hydrogen (secondary N) is 2. The molecule has 1 aromatic carbocycles. The third-order valence-electron chi connectivity index (χ3n) is 4.72. The molecule has 162 valence electrons. The van der Waals surface area contributed by atoms with Gasteiger partial charge in [-0.2, -0.15) is 5.10 Å². The van der Waals surface area contributed by atoms with Crippen LogP contribution in [0.2, 0.25) is 0 Å². The average molecular weight is 515 g/mol. The number of likely N-dealkylation sites (N-methyl/N-ethyl adjacent to an activating group) is 1. The lowest BCUT2D eigenvalue weighted by Gasteiger charge is -2.31. The van der Waals surface area contributed by atoms with Crippen molar-refractivity contribution in [3.05, 3.63) is 42.0 Å². The molecule has 0 aliphatic carbocycles. The maximum Gasteiger partial charge on any atom is 0.191 e. The molecule has 1 atom stereocenters. The van der Waals surface area contributed by atoms with E-state index in [0.717, 1.165) is 43.7 Å². The third kappa shape index (κ3) is 7.46. The molecule has 8 nitrogen and oxygen atoms in total. The van der Waals surface area contributed by atoms with Crippen LogP contribution in [0.5, 0.6) is 5.75 Å². The highest BCUT2D eigenvalue weighted by Crippen LogP contribution is 2.23. The van der Waals surface area contributed by atoms with Crippen LogP contribution in [0, 0.1) is 0 Å². The predicted octanol–water partition coefficient (Wildman–Crippen LogP) is 2.58. The summed E-state index contributed by atoms with van der Waals surface area (Å²) in [5.41, 5.74) is 1.22. The van der Waals surface area contributed by atoms with Gasteiger partial charge in [-0.3, -0.25) is 9.58 Å². The smallest absolute Gasteiger partial charge is 0.191 e. The third-order valence-corrected chi connectivity index (χ3v) is 4.72. The van der Waals surface area contributed by atoms with Crippen molar-refractivity contribution in [2.45, 2.75) is 33.4 Å². The van der Waals surface area contributed by atoms with Crippen LogP contribution < -0.4 is 15.4 Å². The second kappa shape index (κ2) is 13.4. The number of aromatic nitrogens is 3. The normalized spacial score (nSPS) is 12.4. The summed E-state index contributed by atoms with van der Waals surface area (Å²) < 4.78 is 7.16. The van der Waals surface area contributed by atoms with Crippen LogP contribution in [-0.4, -0.2) is 58.9 Å². The van der Waals surface area contributed by atoms with E-state index in [1.165, 1.54) is 5.56 Å². The van der Waals surface area contributed by atoms with E-state index in [2.05, 4.69) is 63.5 Å². The van der Waals surface area contributed by atoms with Gasteiger partial charge in [0.2, 0.25) is 0 Å². The van der Waals surface area contributed by atoms with E-state index >= 15 is 0 Å². The van der Waals surface area contributed by atoms with E-state index in [1.807, 2.05) is 19.2 Å². The van der Waals surface area contributed by atoms with Gasteiger partial charge >= 0.3 is 0 Å². The molecule has 1 aromatic heterocycles. The van der Waals surface area contributed by atoms with Crippen LogP contribution in [0.25, 0.3) is 0 Å². The number of hydrogen-bond donors (Lipinski definition) is 2. The Balaban J connectivity index is 0.00000420. The number of halogens is 1. The molecule has 0 aliphatic heterocycles. The van der Waals surface area contributed by atoms with Gasteiger partial charge in [-0.1, -0.05) is 26.0 Å². The van der Waals surface area contributed by atoms with Gasteiger partial charge in [0, 0.05) is 20.1 Å². The van der Waals surface area contributed by atoms with Gasteiger partial charge in [0.25, 0.3) is 0 Å². The summed E-state index contributed by atoms with van der Waals surface area (Å²) in [7, 11) is 3.57. The first-order valence-corrected chi connectivity index (χ1v) is 9.85. The van der Waals surface area contributed by atoms with E-state index in [9.17, 15) is 0 Å². The summed E-state index contributed by atoms with van der Waals surface area (Å²) in [5.74, 6) is 2.47. The van der Waals surface area contributed by atoms with E-state index in [-0.39, 0.29) is 30.0 Å². The quantitative estimate of drug-likeness (QED) is 0.288. The largest absolute Gasteiger partial charge is 0.497 e. The Kier molecular flexibility index (Phi) is 11.6. The molecular weight excluding hydrogens is 481 g/mol. The minimum absolute atomic E-state index is 0. The lowest BCUT2D eigenvalue weighted by atomic mass is 10.0. The molecule has 0 saturated heterocycles. The van der Waals surface area contributed by atoms with Gasteiger partial charge in [0.1, 0.15) is 24.4 Å². The molecule has 0 aliphatic rings. The predicted molar refractivity (Wildman–Crippen MR) is 128 cm³/mol. The van der Waals surface area contributed by atoms with Crippen molar-refractivity contribution in [3.63, 3.8) is 0 Å². The maximum atomic E-state index is 5.42. The van der Waals surface area contributed by atoms with E-state index in [0.29, 0.717) is 6.54 Å². The van der Waals surface area contributed by atoms with E-state index in [4.69, 9.17) is 4.74 Å². The van der Waals surface area contributed by atoms with Crippen LogP contribution in [0.1, 0.15) is 38.2 Å². The number of rotatable bonds is 10. The van der Waals surface area contributed by atoms with Gasteiger partial charge in [0.05, 0.1) is 13.2 Å². The second-order valence-electron chi connectivity index (χ2n) is 6.39. The van der Waals surface area contributed by atoms with Crippen LogP contribution in [0.4, 0.5) is 0 Å². The lowest BCUT2D eigenvalue weighted by Crippen LogP contribution is -2.43. The highest BCUT2D eigenvalue weighted by molar-refractivity contribution is 14.0. The number of benzene rings is 1. The van der Waals surface area contributed by atoms with Gasteiger partial charge in [-0.25, -0.2) is 9.98 Å². The molecule has 0 fully saturated rings. The highest BCUT2D eigenvalue weighted by atomic mass is 127.